The van der Waals surface area contributed by atoms with Crippen LogP contribution in [0.2, 0.25) is 0 Å². The van der Waals surface area contributed by atoms with Gasteiger partial charge in [0.25, 0.3) is 5.69 Å². The zero-order chi connectivity index (χ0) is 15.6. The minimum Gasteiger partial charge on any atom is -0.258 e. The van der Waals surface area contributed by atoms with E-state index in [1.807, 2.05) is 30.3 Å². The fraction of sp³-hybridized carbons (Fsp3) is 0. The number of fused-ring (bicyclic) bond motifs is 2. The van der Waals surface area contributed by atoms with Crippen LogP contribution in [0.5, 0.6) is 0 Å². The molecule has 0 N–H and O–H groups in total. The van der Waals surface area contributed by atoms with Gasteiger partial charge in [-0.15, -0.1) is 0 Å². The van der Waals surface area contributed by atoms with E-state index < -0.39 is 0 Å². The van der Waals surface area contributed by atoms with Crippen LogP contribution in [0.3, 0.4) is 0 Å². The minimum atomic E-state index is -0.286. The zero-order valence-corrected chi connectivity index (χ0v) is 12.1. The van der Waals surface area contributed by atoms with Crippen LogP contribution >= 0.6 is 0 Å². The highest BCUT2D eigenvalue weighted by Gasteiger charge is 2.18. The van der Waals surface area contributed by atoms with Crippen LogP contribution in [0.4, 0.5) is 5.69 Å². The van der Waals surface area contributed by atoms with Crippen molar-refractivity contribution >= 4 is 48.8 Å². The summed E-state index contributed by atoms with van der Waals surface area (Å²) in [4.78, 5) is 11.2. The van der Waals surface area contributed by atoms with Gasteiger partial charge >= 0.3 is 0 Å². The Morgan fingerprint density at radius 1 is 0.652 bits per heavy atom. The summed E-state index contributed by atoms with van der Waals surface area (Å²) >= 11 is 0. The largest absolute Gasteiger partial charge is 0.277 e. The molecule has 0 aliphatic rings. The number of nitro benzene ring substituents is 1. The first-order valence-corrected chi connectivity index (χ1v) is 7.48. The molecule has 23 heavy (non-hydrogen) atoms. The topological polar surface area (TPSA) is 43.1 Å². The molecule has 0 fully saturated rings. The summed E-state index contributed by atoms with van der Waals surface area (Å²) in [5, 5.41) is 19.7. The van der Waals surface area contributed by atoms with Crippen LogP contribution in [0, 0.1) is 10.1 Å². The number of rotatable bonds is 1. The lowest BCUT2D eigenvalue weighted by Crippen LogP contribution is -1.92. The Bertz CT molecular complexity index is 1240. The summed E-state index contributed by atoms with van der Waals surface area (Å²) < 4.78 is 0. The fourth-order valence-electron chi connectivity index (χ4n) is 3.71. The summed E-state index contributed by atoms with van der Waals surface area (Å²) in [5.74, 6) is 0. The molecule has 3 heteroatoms. The van der Waals surface area contributed by atoms with E-state index in [0.29, 0.717) is 5.39 Å². The van der Waals surface area contributed by atoms with E-state index in [4.69, 9.17) is 0 Å². The van der Waals surface area contributed by atoms with Crippen LogP contribution < -0.4 is 0 Å². The molecule has 0 atom stereocenters. The predicted molar refractivity (Wildman–Crippen MR) is 94.3 cm³/mol. The SMILES string of the molecule is O=[N+]([O-])c1cc2cc3ccccc3c3ccc4cccc1c4c23. The highest BCUT2D eigenvalue weighted by molar-refractivity contribution is 6.30. The van der Waals surface area contributed by atoms with Crippen molar-refractivity contribution in [3.8, 4) is 0 Å². The smallest absolute Gasteiger partial charge is 0.258 e. The molecule has 5 aromatic rings. The summed E-state index contributed by atoms with van der Waals surface area (Å²) in [7, 11) is 0. The van der Waals surface area contributed by atoms with E-state index in [1.165, 1.54) is 5.39 Å². The standard InChI is InChI=1S/C20H11NO2/c22-21(23)18-11-14-10-13-4-1-2-6-15(13)16-9-8-12-5-3-7-17(18)19(12)20(14)16/h1-11H. The molecule has 5 aromatic carbocycles. The zero-order valence-electron chi connectivity index (χ0n) is 12.1. The number of hydrogen-bond acceptors (Lipinski definition) is 2. The van der Waals surface area contributed by atoms with E-state index in [9.17, 15) is 10.1 Å². The Hall–Kier alpha value is -3.20. The maximum absolute atomic E-state index is 11.5. The van der Waals surface area contributed by atoms with Gasteiger partial charge < -0.3 is 0 Å². The van der Waals surface area contributed by atoms with Crippen LogP contribution in [0.1, 0.15) is 0 Å². The first-order valence-electron chi connectivity index (χ1n) is 7.48. The molecule has 3 nitrogen and oxygen atoms in total. The summed E-state index contributed by atoms with van der Waals surface area (Å²) in [6.07, 6.45) is 0. The lowest BCUT2D eigenvalue weighted by atomic mass is 9.90. The van der Waals surface area contributed by atoms with Crippen molar-refractivity contribution in [2.75, 3.05) is 0 Å². The average molecular weight is 297 g/mol. The van der Waals surface area contributed by atoms with Gasteiger partial charge in [0, 0.05) is 11.5 Å². The van der Waals surface area contributed by atoms with Crippen molar-refractivity contribution in [2.24, 2.45) is 0 Å². The molecule has 0 aliphatic heterocycles. The molecule has 0 unspecified atom stereocenters. The normalized spacial score (nSPS) is 11.8. The second-order valence-electron chi connectivity index (χ2n) is 5.87. The van der Waals surface area contributed by atoms with Crippen molar-refractivity contribution in [3.05, 3.63) is 76.8 Å². The first kappa shape index (κ1) is 12.4. The summed E-state index contributed by atoms with van der Waals surface area (Å²) in [5.41, 5.74) is 0.172. The molecule has 0 aromatic heterocycles. The van der Waals surface area contributed by atoms with Gasteiger partial charge in [0.15, 0.2) is 0 Å². The molecule has 0 amide bonds. The van der Waals surface area contributed by atoms with Gasteiger partial charge in [-0.05, 0) is 44.5 Å². The molecule has 0 bridgehead atoms. The van der Waals surface area contributed by atoms with E-state index in [1.54, 1.807) is 6.07 Å². The quantitative estimate of drug-likeness (QED) is 0.174. The maximum atomic E-state index is 11.5. The van der Waals surface area contributed by atoms with Gasteiger partial charge in [0.2, 0.25) is 0 Å². The van der Waals surface area contributed by atoms with Crippen LogP contribution in [-0.4, -0.2) is 4.92 Å². The average Bonchev–Trinajstić information content (AvgIpc) is 2.58. The second kappa shape index (κ2) is 4.17. The lowest BCUT2D eigenvalue weighted by molar-refractivity contribution is -0.382. The lowest BCUT2D eigenvalue weighted by Gasteiger charge is -2.13. The van der Waals surface area contributed by atoms with E-state index in [2.05, 4.69) is 30.3 Å². The fourth-order valence-corrected chi connectivity index (χ4v) is 3.71. The van der Waals surface area contributed by atoms with Gasteiger partial charge in [0.05, 0.1) is 10.3 Å². The summed E-state index contributed by atoms with van der Waals surface area (Å²) in [6, 6.07) is 21.9. The Balaban J connectivity index is 2.19. The number of nitro groups is 1. The van der Waals surface area contributed by atoms with E-state index in [-0.39, 0.29) is 10.6 Å². The van der Waals surface area contributed by atoms with Gasteiger partial charge in [-0.25, -0.2) is 0 Å². The number of benzene rings is 5. The highest BCUT2D eigenvalue weighted by atomic mass is 16.6. The number of non-ortho nitro benzene ring substituents is 1. The molecule has 0 spiro atoms. The maximum Gasteiger partial charge on any atom is 0.277 e. The molecule has 0 aliphatic carbocycles. The highest BCUT2D eigenvalue weighted by Crippen LogP contribution is 2.41. The first-order chi connectivity index (χ1) is 11.2. The van der Waals surface area contributed by atoms with E-state index in [0.717, 1.165) is 32.3 Å². The van der Waals surface area contributed by atoms with Crippen LogP contribution in [-0.2, 0) is 0 Å². The summed E-state index contributed by atoms with van der Waals surface area (Å²) in [6.45, 7) is 0. The molecule has 5 rings (SSSR count). The third-order valence-electron chi connectivity index (χ3n) is 4.66. The van der Waals surface area contributed by atoms with Gasteiger partial charge in [0.1, 0.15) is 0 Å². The molecule has 0 radical (unpaired) electrons. The molecular formula is C20H11NO2. The monoisotopic (exact) mass is 297 g/mol. The Kier molecular flexibility index (Phi) is 2.24. The van der Waals surface area contributed by atoms with Gasteiger partial charge in [-0.3, -0.25) is 10.1 Å². The predicted octanol–water partition coefficient (Wildman–Crippen LogP) is 5.65. The Labute approximate surface area is 131 Å². The molecule has 108 valence electrons. The van der Waals surface area contributed by atoms with Crippen molar-refractivity contribution in [1.29, 1.82) is 0 Å². The molecule has 0 saturated carbocycles. The Morgan fingerprint density at radius 3 is 2.26 bits per heavy atom. The number of hydrogen-bond donors (Lipinski definition) is 0. The van der Waals surface area contributed by atoms with Crippen molar-refractivity contribution in [2.45, 2.75) is 0 Å². The minimum absolute atomic E-state index is 0.172. The van der Waals surface area contributed by atoms with E-state index >= 15 is 0 Å². The number of nitrogens with zero attached hydrogens (tertiary/aromatic N) is 1. The third-order valence-corrected chi connectivity index (χ3v) is 4.66. The van der Waals surface area contributed by atoms with Gasteiger partial charge in [-0.1, -0.05) is 48.5 Å². The van der Waals surface area contributed by atoms with Crippen molar-refractivity contribution in [3.63, 3.8) is 0 Å². The third kappa shape index (κ3) is 1.53. The van der Waals surface area contributed by atoms with Crippen molar-refractivity contribution in [1.82, 2.24) is 0 Å². The van der Waals surface area contributed by atoms with Crippen LogP contribution in [0.25, 0.3) is 43.1 Å². The van der Waals surface area contributed by atoms with Crippen molar-refractivity contribution < 1.29 is 4.92 Å². The molecule has 0 heterocycles. The van der Waals surface area contributed by atoms with Gasteiger partial charge in [-0.2, -0.15) is 0 Å². The van der Waals surface area contributed by atoms with Crippen LogP contribution in [0.15, 0.2) is 66.7 Å². The molecule has 0 saturated heterocycles. The molecular weight excluding hydrogens is 286 g/mol. The Morgan fingerprint density at radius 2 is 1.39 bits per heavy atom. The second-order valence-corrected chi connectivity index (χ2v) is 5.87.